The highest BCUT2D eigenvalue weighted by Gasteiger charge is 2.28. The molecule has 0 aliphatic heterocycles. The molecule has 1 saturated carbocycles. The molecular weight excluding hydrogens is 248 g/mol. The second-order valence-corrected chi connectivity index (χ2v) is 4.83. The summed E-state index contributed by atoms with van der Waals surface area (Å²) in [5, 5.41) is 0. The third-order valence-electron chi connectivity index (χ3n) is 3.59. The summed E-state index contributed by atoms with van der Waals surface area (Å²) in [6, 6.07) is 9.95. The highest BCUT2D eigenvalue weighted by molar-refractivity contribution is 5.85. The Hall–Kier alpha value is -1.06. The molecule has 0 bridgehead atoms. The minimum atomic E-state index is -0.414. The summed E-state index contributed by atoms with van der Waals surface area (Å²) >= 11 is 0. The van der Waals surface area contributed by atoms with Crippen LogP contribution in [0.25, 0.3) is 0 Å². The quantitative estimate of drug-likeness (QED) is 0.908. The maximum atomic E-state index is 12.1. The molecule has 100 valence electrons. The second kappa shape index (κ2) is 6.76. The minimum Gasteiger partial charge on any atom is -0.341 e. The van der Waals surface area contributed by atoms with E-state index < -0.39 is 6.04 Å². The van der Waals surface area contributed by atoms with Gasteiger partial charge in [-0.25, -0.2) is 0 Å². The molecule has 2 rings (SSSR count). The number of likely N-dealkylation sites (N-methyl/N-ethyl adjacent to an activating group) is 1. The van der Waals surface area contributed by atoms with Crippen molar-refractivity contribution in [2.75, 3.05) is 7.05 Å². The van der Waals surface area contributed by atoms with Gasteiger partial charge >= 0.3 is 0 Å². The molecule has 18 heavy (non-hydrogen) atoms. The molecule has 0 aromatic heterocycles. The van der Waals surface area contributed by atoms with Crippen molar-refractivity contribution in [1.82, 2.24) is 4.90 Å². The van der Waals surface area contributed by atoms with Crippen LogP contribution in [0.2, 0.25) is 0 Å². The predicted octanol–water partition coefficient (Wildman–Crippen LogP) is 1.99. The molecule has 1 aliphatic carbocycles. The standard InChI is InChI=1S/C14H20N2O.ClH/c1-16(12-8-5-9-12)14(17)13(15)10-11-6-3-2-4-7-11;/h2-4,6-7,12-13H,5,8-10,15H2,1H3;1H/t13-;/m0./s1. The van der Waals surface area contributed by atoms with Gasteiger partial charge < -0.3 is 10.6 Å². The van der Waals surface area contributed by atoms with Crippen LogP contribution in [0, 0.1) is 0 Å². The van der Waals surface area contributed by atoms with Gasteiger partial charge in [-0.1, -0.05) is 30.3 Å². The molecule has 1 aliphatic rings. The van der Waals surface area contributed by atoms with Gasteiger partial charge in [-0.3, -0.25) is 4.79 Å². The lowest BCUT2D eigenvalue weighted by atomic mass is 9.91. The fraction of sp³-hybridized carbons (Fsp3) is 0.500. The Kier molecular flexibility index (Phi) is 5.63. The van der Waals surface area contributed by atoms with Crippen LogP contribution >= 0.6 is 12.4 Å². The number of nitrogens with zero attached hydrogens (tertiary/aromatic N) is 1. The monoisotopic (exact) mass is 268 g/mol. The Morgan fingerprint density at radius 2 is 2.00 bits per heavy atom. The lowest BCUT2D eigenvalue weighted by Gasteiger charge is -2.36. The van der Waals surface area contributed by atoms with Crippen molar-refractivity contribution in [3.8, 4) is 0 Å². The van der Waals surface area contributed by atoms with Gasteiger partial charge in [-0.05, 0) is 31.2 Å². The highest BCUT2D eigenvalue weighted by Crippen LogP contribution is 2.24. The van der Waals surface area contributed by atoms with Crippen molar-refractivity contribution in [2.24, 2.45) is 5.73 Å². The number of benzene rings is 1. The van der Waals surface area contributed by atoms with Crippen LogP contribution in [0.5, 0.6) is 0 Å². The Balaban J connectivity index is 0.00000162. The molecule has 0 radical (unpaired) electrons. The molecule has 1 fully saturated rings. The van der Waals surface area contributed by atoms with E-state index in [0.717, 1.165) is 18.4 Å². The minimum absolute atomic E-state index is 0. The molecule has 0 spiro atoms. The normalized spacial score (nSPS) is 16.3. The number of hydrogen-bond donors (Lipinski definition) is 1. The van der Waals surface area contributed by atoms with E-state index in [1.54, 1.807) is 0 Å². The number of carbonyl (C=O) groups is 1. The van der Waals surface area contributed by atoms with Crippen LogP contribution < -0.4 is 5.73 Å². The van der Waals surface area contributed by atoms with Crippen molar-refractivity contribution in [3.05, 3.63) is 35.9 Å². The van der Waals surface area contributed by atoms with E-state index in [9.17, 15) is 4.79 Å². The maximum absolute atomic E-state index is 12.1. The summed E-state index contributed by atoms with van der Waals surface area (Å²) in [4.78, 5) is 13.9. The molecule has 0 saturated heterocycles. The lowest BCUT2D eigenvalue weighted by Crippen LogP contribution is -2.49. The first-order chi connectivity index (χ1) is 8.18. The summed E-state index contributed by atoms with van der Waals surface area (Å²) in [6.07, 6.45) is 4.10. The first kappa shape index (κ1) is 15.0. The number of carbonyl (C=O) groups excluding carboxylic acids is 1. The topological polar surface area (TPSA) is 46.3 Å². The molecule has 1 aromatic carbocycles. The molecule has 1 aromatic rings. The van der Waals surface area contributed by atoms with E-state index >= 15 is 0 Å². The first-order valence-electron chi connectivity index (χ1n) is 6.24. The molecule has 4 heteroatoms. The zero-order valence-electron chi connectivity index (χ0n) is 10.7. The summed E-state index contributed by atoms with van der Waals surface area (Å²) < 4.78 is 0. The van der Waals surface area contributed by atoms with Crippen molar-refractivity contribution >= 4 is 18.3 Å². The molecule has 0 unspecified atom stereocenters. The van der Waals surface area contributed by atoms with Crippen LogP contribution in [0.4, 0.5) is 0 Å². The SMILES string of the molecule is CN(C(=O)[C@@H](N)Cc1ccccc1)C1CCC1.Cl. The van der Waals surface area contributed by atoms with Crippen molar-refractivity contribution in [1.29, 1.82) is 0 Å². The number of hydrogen-bond acceptors (Lipinski definition) is 2. The maximum Gasteiger partial charge on any atom is 0.239 e. The van der Waals surface area contributed by atoms with E-state index in [4.69, 9.17) is 5.73 Å². The lowest BCUT2D eigenvalue weighted by molar-refractivity contribution is -0.134. The van der Waals surface area contributed by atoms with E-state index in [0.29, 0.717) is 12.5 Å². The van der Waals surface area contributed by atoms with Gasteiger partial charge in [0.1, 0.15) is 0 Å². The predicted molar refractivity (Wildman–Crippen MR) is 75.8 cm³/mol. The van der Waals surface area contributed by atoms with Crippen molar-refractivity contribution < 1.29 is 4.79 Å². The van der Waals surface area contributed by atoms with Crippen LogP contribution in [-0.2, 0) is 11.2 Å². The second-order valence-electron chi connectivity index (χ2n) is 4.83. The van der Waals surface area contributed by atoms with Gasteiger partial charge in [0.05, 0.1) is 6.04 Å². The average molecular weight is 269 g/mol. The number of amides is 1. The van der Waals surface area contributed by atoms with E-state index in [1.165, 1.54) is 6.42 Å². The molecule has 0 heterocycles. The van der Waals surface area contributed by atoms with Crippen molar-refractivity contribution in [2.45, 2.75) is 37.8 Å². The zero-order chi connectivity index (χ0) is 12.3. The summed E-state index contributed by atoms with van der Waals surface area (Å²) in [5.74, 6) is 0.0681. The third-order valence-corrected chi connectivity index (χ3v) is 3.59. The van der Waals surface area contributed by atoms with Gasteiger partial charge in [0.25, 0.3) is 0 Å². The van der Waals surface area contributed by atoms with Gasteiger partial charge in [0.2, 0.25) is 5.91 Å². The van der Waals surface area contributed by atoms with Gasteiger partial charge in [-0.2, -0.15) is 0 Å². The van der Waals surface area contributed by atoms with Gasteiger partial charge in [0, 0.05) is 13.1 Å². The van der Waals surface area contributed by atoms with Gasteiger partial charge in [0.15, 0.2) is 0 Å². The number of halogens is 1. The summed E-state index contributed by atoms with van der Waals surface area (Å²) in [6.45, 7) is 0. The Labute approximate surface area is 115 Å². The summed E-state index contributed by atoms with van der Waals surface area (Å²) in [5.41, 5.74) is 7.10. The fourth-order valence-electron chi connectivity index (χ4n) is 2.17. The zero-order valence-corrected chi connectivity index (χ0v) is 11.5. The van der Waals surface area contributed by atoms with Gasteiger partial charge in [-0.15, -0.1) is 12.4 Å². The molecule has 1 atom stereocenters. The Bertz CT molecular complexity index is 379. The van der Waals surface area contributed by atoms with E-state index in [-0.39, 0.29) is 18.3 Å². The summed E-state index contributed by atoms with van der Waals surface area (Å²) in [7, 11) is 1.87. The van der Waals surface area contributed by atoms with Crippen LogP contribution in [0.3, 0.4) is 0 Å². The van der Waals surface area contributed by atoms with Crippen LogP contribution in [0.1, 0.15) is 24.8 Å². The van der Waals surface area contributed by atoms with Crippen LogP contribution in [-0.4, -0.2) is 29.9 Å². The largest absolute Gasteiger partial charge is 0.341 e. The third kappa shape index (κ3) is 3.47. The first-order valence-corrected chi connectivity index (χ1v) is 6.24. The fourth-order valence-corrected chi connectivity index (χ4v) is 2.17. The average Bonchev–Trinajstić information content (AvgIpc) is 2.27. The number of nitrogens with two attached hydrogens (primary N) is 1. The molecule has 1 amide bonds. The van der Waals surface area contributed by atoms with Crippen molar-refractivity contribution in [3.63, 3.8) is 0 Å². The van der Waals surface area contributed by atoms with Crippen LogP contribution in [0.15, 0.2) is 30.3 Å². The van der Waals surface area contributed by atoms with E-state index in [1.807, 2.05) is 42.3 Å². The Morgan fingerprint density at radius 3 is 2.50 bits per heavy atom. The van der Waals surface area contributed by atoms with E-state index in [2.05, 4.69) is 0 Å². The molecular formula is C14H21ClN2O. The highest BCUT2D eigenvalue weighted by atomic mass is 35.5. The smallest absolute Gasteiger partial charge is 0.239 e. The molecule has 2 N–H and O–H groups in total. The number of rotatable bonds is 4. The Morgan fingerprint density at radius 1 is 1.39 bits per heavy atom. The molecule has 3 nitrogen and oxygen atoms in total.